The lowest BCUT2D eigenvalue weighted by molar-refractivity contribution is -0.192. The molecule has 7 nitrogen and oxygen atoms in total. The number of likely N-dealkylation sites (tertiary alicyclic amines) is 1. The van der Waals surface area contributed by atoms with Gasteiger partial charge in [0.25, 0.3) is 0 Å². The van der Waals surface area contributed by atoms with Crippen LogP contribution in [0.5, 0.6) is 0 Å². The molecule has 1 aromatic heterocycles. The van der Waals surface area contributed by atoms with Crippen LogP contribution in [0.3, 0.4) is 0 Å². The molecule has 1 N–H and O–H groups in total. The zero-order valence-corrected chi connectivity index (χ0v) is 18.2. The van der Waals surface area contributed by atoms with E-state index in [9.17, 15) is 22.8 Å². The number of hydrogen-bond acceptors (Lipinski definition) is 4. The molecule has 3 fully saturated rings. The summed E-state index contributed by atoms with van der Waals surface area (Å²) in [7, 11) is 1.73. The molecule has 1 unspecified atom stereocenters. The van der Waals surface area contributed by atoms with E-state index < -0.39 is 12.1 Å². The number of carbonyl (C=O) groups is 2. The maximum atomic E-state index is 13.0. The van der Waals surface area contributed by atoms with Gasteiger partial charge in [0.2, 0.25) is 11.5 Å². The SMILES string of the molecule is Cn1cc(N2CC3(CCCN(CC4CCCCC4)C3)C2=O)ccc1=O.O=C(O)C(F)(F)F. The lowest BCUT2D eigenvalue weighted by Crippen LogP contribution is -2.67. The highest BCUT2D eigenvalue weighted by Gasteiger charge is 2.54. The molecular weight excluding hydrogens is 427 g/mol. The van der Waals surface area contributed by atoms with E-state index in [1.807, 2.05) is 4.90 Å². The second-order valence-corrected chi connectivity index (χ2v) is 9.15. The standard InChI is InChI=1S/C20H29N3O2.C2HF3O2/c1-21-13-17(8-9-18(21)24)23-15-20(19(23)25)10-5-11-22(14-20)12-16-6-3-2-4-7-16;3-2(4,5)1(6)7/h8-9,13,16H,2-7,10-12,14-15H2,1H3;(H,6,7). The van der Waals surface area contributed by atoms with Gasteiger partial charge in [-0.3, -0.25) is 9.59 Å². The summed E-state index contributed by atoms with van der Waals surface area (Å²) in [6.45, 7) is 4.04. The van der Waals surface area contributed by atoms with Crippen LogP contribution in [0.4, 0.5) is 18.9 Å². The second-order valence-electron chi connectivity index (χ2n) is 9.15. The molecule has 0 bridgehead atoms. The van der Waals surface area contributed by atoms with Crippen molar-refractivity contribution in [3.8, 4) is 0 Å². The molecule has 0 aromatic carbocycles. The van der Waals surface area contributed by atoms with Gasteiger partial charge in [-0.25, -0.2) is 4.79 Å². The molecule has 1 atom stereocenters. The summed E-state index contributed by atoms with van der Waals surface area (Å²) in [6, 6.07) is 3.32. The van der Waals surface area contributed by atoms with E-state index in [2.05, 4.69) is 4.90 Å². The van der Waals surface area contributed by atoms with Gasteiger partial charge in [-0.2, -0.15) is 13.2 Å². The number of halogens is 3. The zero-order chi connectivity index (χ0) is 23.5. The first-order chi connectivity index (χ1) is 15.0. The molecule has 1 spiro atoms. The van der Waals surface area contributed by atoms with Gasteiger partial charge in [-0.1, -0.05) is 19.3 Å². The third kappa shape index (κ3) is 5.51. The van der Waals surface area contributed by atoms with Gasteiger partial charge in [-0.05, 0) is 44.2 Å². The predicted molar refractivity (Wildman–Crippen MR) is 112 cm³/mol. The Morgan fingerprint density at radius 2 is 1.78 bits per heavy atom. The van der Waals surface area contributed by atoms with Crippen molar-refractivity contribution in [2.45, 2.75) is 51.1 Å². The fourth-order valence-corrected chi connectivity index (χ4v) is 5.01. The highest BCUT2D eigenvalue weighted by Crippen LogP contribution is 2.43. The normalized spacial score (nSPS) is 24.6. The number of aromatic nitrogens is 1. The minimum Gasteiger partial charge on any atom is -0.475 e. The third-order valence-corrected chi connectivity index (χ3v) is 6.68. The Bertz CT molecular complexity index is 895. The number of β-lactam (4-membered cyclic amide) rings is 1. The first kappa shape index (κ1) is 24.3. The van der Waals surface area contributed by atoms with Gasteiger partial charge >= 0.3 is 12.1 Å². The number of hydrogen-bond donors (Lipinski definition) is 1. The van der Waals surface area contributed by atoms with E-state index in [-0.39, 0.29) is 16.9 Å². The Morgan fingerprint density at radius 1 is 1.12 bits per heavy atom. The van der Waals surface area contributed by atoms with Crippen LogP contribution >= 0.6 is 0 Å². The molecule has 0 radical (unpaired) electrons. The molecule has 1 amide bonds. The van der Waals surface area contributed by atoms with Crippen LogP contribution in [0.25, 0.3) is 0 Å². The Hall–Kier alpha value is -2.36. The molecule has 2 saturated heterocycles. The van der Waals surface area contributed by atoms with Crippen molar-refractivity contribution in [2.24, 2.45) is 18.4 Å². The van der Waals surface area contributed by atoms with Crippen molar-refractivity contribution in [3.63, 3.8) is 0 Å². The fraction of sp³-hybridized carbons (Fsp3) is 0.682. The van der Waals surface area contributed by atoms with E-state index in [0.717, 1.165) is 44.1 Å². The Morgan fingerprint density at radius 3 is 2.34 bits per heavy atom. The number of carbonyl (C=O) groups excluding carboxylic acids is 1. The van der Waals surface area contributed by atoms with Gasteiger partial charge < -0.3 is 19.5 Å². The minimum absolute atomic E-state index is 0.0391. The predicted octanol–water partition coefficient (Wildman–Crippen LogP) is 3.03. The number of rotatable bonds is 3. The molecule has 178 valence electrons. The molecule has 4 rings (SSSR count). The van der Waals surface area contributed by atoms with Crippen LogP contribution < -0.4 is 10.5 Å². The highest BCUT2D eigenvalue weighted by atomic mass is 19.4. The minimum atomic E-state index is -5.08. The van der Waals surface area contributed by atoms with Crippen molar-refractivity contribution in [1.82, 2.24) is 9.47 Å². The van der Waals surface area contributed by atoms with Crippen molar-refractivity contribution in [2.75, 3.05) is 31.1 Å². The largest absolute Gasteiger partial charge is 0.490 e. The number of anilines is 1. The summed E-state index contributed by atoms with van der Waals surface area (Å²) in [4.78, 5) is 37.8. The second kappa shape index (κ2) is 9.64. The molecule has 1 saturated carbocycles. The zero-order valence-electron chi connectivity index (χ0n) is 18.2. The number of aliphatic carboxylic acids is 1. The quantitative estimate of drug-likeness (QED) is 0.706. The van der Waals surface area contributed by atoms with Gasteiger partial charge in [0.1, 0.15) is 0 Å². The van der Waals surface area contributed by atoms with Gasteiger partial charge in [0, 0.05) is 38.9 Å². The van der Waals surface area contributed by atoms with Crippen molar-refractivity contribution < 1.29 is 27.9 Å². The average Bonchev–Trinajstić information content (AvgIpc) is 2.75. The lowest BCUT2D eigenvalue weighted by atomic mass is 9.72. The Balaban J connectivity index is 0.000000360. The smallest absolute Gasteiger partial charge is 0.475 e. The number of carboxylic acids is 1. The summed E-state index contributed by atoms with van der Waals surface area (Å²) in [5, 5.41) is 7.12. The average molecular weight is 457 g/mol. The van der Waals surface area contributed by atoms with Crippen molar-refractivity contribution >= 4 is 17.6 Å². The van der Waals surface area contributed by atoms with Crippen LogP contribution in [0.15, 0.2) is 23.1 Å². The lowest BCUT2D eigenvalue weighted by Gasteiger charge is -2.53. The summed E-state index contributed by atoms with van der Waals surface area (Å²) in [6.07, 6.45) is 5.70. The van der Waals surface area contributed by atoms with E-state index in [0.29, 0.717) is 0 Å². The Kier molecular flexibility index (Phi) is 7.32. The number of aryl methyl sites for hydroxylation is 1. The van der Waals surface area contributed by atoms with Gasteiger partial charge in [-0.15, -0.1) is 0 Å². The topological polar surface area (TPSA) is 82.8 Å². The van der Waals surface area contributed by atoms with Crippen molar-refractivity contribution in [1.29, 1.82) is 0 Å². The number of amides is 1. The van der Waals surface area contributed by atoms with E-state index in [4.69, 9.17) is 9.90 Å². The third-order valence-electron chi connectivity index (χ3n) is 6.68. The monoisotopic (exact) mass is 457 g/mol. The molecular formula is C22H30F3N3O4. The number of piperidine rings is 1. The number of pyridine rings is 1. The fourth-order valence-electron chi connectivity index (χ4n) is 5.01. The maximum Gasteiger partial charge on any atom is 0.490 e. The number of alkyl halides is 3. The van der Waals surface area contributed by atoms with Crippen LogP contribution in [-0.4, -0.2) is 58.8 Å². The van der Waals surface area contributed by atoms with Crippen LogP contribution in [0.2, 0.25) is 0 Å². The van der Waals surface area contributed by atoms with Gasteiger partial charge in [0.15, 0.2) is 0 Å². The number of carboxylic acid groups (broad SMARTS) is 1. The summed E-state index contributed by atoms with van der Waals surface area (Å²) >= 11 is 0. The molecule has 32 heavy (non-hydrogen) atoms. The summed E-state index contributed by atoms with van der Waals surface area (Å²) in [5.74, 6) is -1.68. The van der Waals surface area contributed by atoms with E-state index >= 15 is 0 Å². The van der Waals surface area contributed by atoms with E-state index in [1.54, 1.807) is 29.9 Å². The van der Waals surface area contributed by atoms with Crippen LogP contribution in [0.1, 0.15) is 44.9 Å². The maximum absolute atomic E-state index is 13.0. The molecule has 1 aromatic rings. The Labute approximate surface area is 184 Å². The van der Waals surface area contributed by atoms with E-state index in [1.165, 1.54) is 38.6 Å². The molecule has 1 aliphatic carbocycles. The van der Waals surface area contributed by atoms with Crippen LogP contribution in [-0.2, 0) is 16.6 Å². The summed E-state index contributed by atoms with van der Waals surface area (Å²) < 4.78 is 33.3. The summed E-state index contributed by atoms with van der Waals surface area (Å²) in [5.41, 5.74) is 0.631. The van der Waals surface area contributed by atoms with Gasteiger partial charge in [0.05, 0.1) is 11.1 Å². The molecule has 3 heterocycles. The first-order valence-corrected chi connectivity index (χ1v) is 11.0. The highest BCUT2D eigenvalue weighted by molar-refractivity contribution is 6.04. The number of nitrogens with zero attached hydrogens (tertiary/aromatic N) is 3. The molecule has 10 heteroatoms. The molecule has 3 aliphatic rings. The van der Waals surface area contributed by atoms with Crippen molar-refractivity contribution in [3.05, 3.63) is 28.7 Å². The van der Waals surface area contributed by atoms with Crippen LogP contribution in [0, 0.1) is 11.3 Å². The first-order valence-electron chi connectivity index (χ1n) is 11.0. The molecule has 2 aliphatic heterocycles.